The van der Waals surface area contributed by atoms with E-state index in [1.54, 1.807) is 18.3 Å². The van der Waals surface area contributed by atoms with Crippen LogP contribution in [0.5, 0.6) is 11.8 Å². The van der Waals surface area contributed by atoms with E-state index in [0.29, 0.717) is 93.3 Å². The van der Waals surface area contributed by atoms with E-state index in [0.717, 1.165) is 73.9 Å². The summed E-state index contributed by atoms with van der Waals surface area (Å²) in [4.78, 5) is 38.8. The molecule has 5 aromatic rings. The number of piperazine rings is 2. The Morgan fingerprint density at radius 1 is 0.985 bits per heavy atom. The lowest BCUT2D eigenvalue weighted by atomic mass is 9.91. The van der Waals surface area contributed by atoms with Gasteiger partial charge in [-0.25, -0.2) is 8.78 Å². The van der Waals surface area contributed by atoms with Gasteiger partial charge in [0, 0.05) is 107 Å². The first kappa shape index (κ1) is 45.6. The number of phenolic OH excluding ortho intramolecular Hbond substituents is 1. The molecule has 2 N–H and O–H groups in total. The Morgan fingerprint density at radius 2 is 1.78 bits per heavy atom. The van der Waals surface area contributed by atoms with Crippen molar-refractivity contribution in [3.05, 3.63) is 59.7 Å². The highest BCUT2D eigenvalue weighted by atomic mass is 19.1. The molecule has 358 valence electrons. The summed E-state index contributed by atoms with van der Waals surface area (Å²) in [5.41, 5.74) is 0.474. The predicted octanol–water partition coefficient (Wildman–Crippen LogP) is 7.32. The molecule has 2 aromatic carbocycles. The normalized spacial score (nSPS) is 24.1. The van der Waals surface area contributed by atoms with E-state index in [4.69, 9.17) is 24.2 Å². The van der Waals surface area contributed by atoms with Crippen molar-refractivity contribution in [3.63, 3.8) is 0 Å². The predicted molar refractivity (Wildman–Crippen MR) is 256 cm³/mol. The Hall–Kier alpha value is -5.19. The van der Waals surface area contributed by atoms with Crippen molar-refractivity contribution < 1.29 is 27.9 Å². The van der Waals surface area contributed by atoms with E-state index in [9.17, 15) is 9.90 Å². The molecule has 0 spiro atoms. The number of ether oxygens (including phenoxy) is 1. The highest BCUT2D eigenvalue weighted by molar-refractivity contribution is 6.01. The van der Waals surface area contributed by atoms with Crippen LogP contribution < -0.4 is 19.9 Å². The molecule has 10 rings (SSSR count). The number of halogens is 2. The lowest BCUT2D eigenvalue weighted by molar-refractivity contribution is -0.134. The van der Waals surface area contributed by atoms with Crippen LogP contribution in [0.2, 0.25) is 0 Å². The fourth-order valence-electron chi connectivity index (χ4n) is 11.6. The van der Waals surface area contributed by atoms with Gasteiger partial charge in [-0.15, -0.1) is 0 Å². The zero-order chi connectivity index (χ0) is 46.6. The number of nitrogens with zero attached hydrogens (tertiary/aromatic N) is 9. The second-order valence-electron chi connectivity index (χ2n) is 20.4. The third-order valence-corrected chi connectivity index (χ3v) is 15.4. The van der Waals surface area contributed by atoms with E-state index in [-0.39, 0.29) is 59.4 Å². The van der Waals surface area contributed by atoms with E-state index in [1.807, 2.05) is 29.2 Å². The van der Waals surface area contributed by atoms with Gasteiger partial charge in [0.2, 0.25) is 5.91 Å². The van der Waals surface area contributed by atoms with Gasteiger partial charge in [-0.1, -0.05) is 44.1 Å². The molecule has 16 heteroatoms. The maximum atomic E-state index is 17.1. The molecule has 3 aromatic heterocycles. The number of nitrogens with one attached hydrogen (secondary N) is 1. The summed E-state index contributed by atoms with van der Waals surface area (Å²) in [7, 11) is 0. The van der Waals surface area contributed by atoms with Gasteiger partial charge in [-0.05, 0) is 93.2 Å². The van der Waals surface area contributed by atoms with Gasteiger partial charge < -0.3 is 34.4 Å². The third kappa shape index (κ3) is 9.13. The lowest BCUT2D eigenvalue weighted by Gasteiger charge is -2.44. The molecule has 5 fully saturated rings. The van der Waals surface area contributed by atoms with Gasteiger partial charge in [0.15, 0.2) is 17.4 Å². The van der Waals surface area contributed by atoms with Gasteiger partial charge in [0.1, 0.15) is 41.0 Å². The second kappa shape index (κ2) is 18.7. The molecule has 5 aliphatic heterocycles. The molecule has 14 nitrogen and oxygen atoms in total. The van der Waals surface area contributed by atoms with Crippen molar-refractivity contribution in [2.24, 2.45) is 5.92 Å². The Morgan fingerprint density at radius 3 is 2.49 bits per heavy atom. The lowest BCUT2D eigenvalue weighted by Crippen LogP contribution is -2.57. The number of carbonyl (C=O) groups excluding carboxylic acids is 1. The minimum absolute atomic E-state index is 0.0347. The number of phenols is 1. The first-order valence-corrected chi connectivity index (χ1v) is 24.8. The molecule has 5 atom stereocenters. The largest absolute Gasteiger partial charge is 0.508 e. The number of aromatic hydroxyl groups is 1. The highest BCUT2D eigenvalue weighted by Gasteiger charge is 2.40. The topological polar surface area (TPSA) is 139 Å². The summed E-state index contributed by atoms with van der Waals surface area (Å²) >= 11 is 0. The van der Waals surface area contributed by atoms with Crippen molar-refractivity contribution in [1.82, 2.24) is 40.1 Å². The molecule has 0 saturated carbocycles. The molecule has 5 aliphatic rings. The summed E-state index contributed by atoms with van der Waals surface area (Å²) < 4.78 is 45.8. The first-order valence-electron chi connectivity index (χ1n) is 24.8. The van der Waals surface area contributed by atoms with Crippen LogP contribution in [0.15, 0.2) is 47.1 Å². The molecule has 8 heterocycles. The molecule has 0 radical (unpaired) electrons. The molecule has 67 heavy (non-hydrogen) atoms. The monoisotopic (exact) mass is 921 g/mol. The standard InChI is InChI=1S/C51H66F2N10O4/c1-6-34-10-7-11-35-23-38(64)24-39(44(34)35)46-45(52)47-40(26-54-46)48(62-28-36-12-13-37(29-62)55-36)57-50(56-47)66-22-21-59-17-14-51(53,15-18-59)30-61-20-19-60(27-33(61)5)42-25-41(67-58-42)43(31(2)3)49(65)63-16-8-9-32(63)4/h7,10-11,23-26,31-33,36-37,43,55,64H,6,8-9,12-22,27-30H2,1-5H3/t32?,33-,36?,37?,43?/m1/s1. The van der Waals surface area contributed by atoms with Crippen LogP contribution in [0, 0.1) is 11.7 Å². The van der Waals surface area contributed by atoms with Crippen molar-refractivity contribution in [3.8, 4) is 23.0 Å². The minimum Gasteiger partial charge on any atom is -0.508 e. The van der Waals surface area contributed by atoms with E-state index in [1.165, 1.54) is 0 Å². The maximum absolute atomic E-state index is 17.1. The van der Waals surface area contributed by atoms with Gasteiger partial charge in [0.25, 0.3) is 0 Å². The minimum atomic E-state index is -1.31. The number of hydrogen-bond donors (Lipinski definition) is 2. The highest BCUT2D eigenvalue weighted by Crippen LogP contribution is 2.40. The Labute approximate surface area is 392 Å². The van der Waals surface area contributed by atoms with Crippen LogP contribution in [-0.4, -0.2) is 148 Å². The van der Waals surface area contributed by atoms with Gasteiger partial charge in [-0.3, -0.25) is 19.6 Å². The number of aryl methyl sites for hydroxylation is 1. The molecular weight excluding hydrogens is 855 g/mol. The van der Waals surface area contributed by atoms with Crippen LogP contribution >= 0.6 is 0 Å². The fourth-order valence-corrected chi connectivity index (χ4v) is 11.6. The number of aromatic nitrogens is 4. The zero-order valence-electron chi connectivity index (χ0n) is 39.7. The average Bonchev–Trinajstić information content (AvgIpc) is 4.06. The Balaban J connectivity index is 0.782. The van der Waals surface area contributed by atoms with Crippen molar-refractivity contribution in [2.75, 3.05) is 81.9 Å². The number of benzene rings is 2. The van der Waals surface area contributed by atoms with Crippen LogP contribution in [0.3, 0.4) is 0 Å². The number of hydrogen-bond acceptors (Lipinski definition) is 13. The molecule has 0 aliphatic carbocycles. The van der Waals surface area contributed by atoms with Crippen LogP contribution in [-0.2, 0) is 11.2 Å². The van der Waals surface area contributed by atoms with Gasteiger partial charge >= 0.3 is 6.01 Å². The van der Waals surface area contributed by atoms with E-state index in [2.05, 4.69) is 64.7 Å². The molecule has 5 saturated heterocycles. The molecular formula is C51H66F2N10O4. The summed E-state index contributed by atoms with van der Waals surface area (Å²) in [5, 5.41) is 21.0. The van der Waals surface area contributed by atoms with Crippen LogP contribution in [0.4, 0.5) is 20.4 Å². The van der Waals surface area contributed by atoms with Crippen LogP contribution in [0.1, 0.15) is 90.4 Å². The Kier molecular flexibility index (Phi) is 12.7. The second-order valence-corrected chi connectivity index (χ2v) is 20.4. The number of alkyl halides is 1. The average molecular weight is 921 g/mol. The molecule has 4 unspecified atom stereocenters. The number of carbonyl (C=O) groups is 1. The van der Waals surface area contributed by atoms with Crippen molar-refractivity contribution >= 4 is 39.2 Å². The first-order chi connectivity index (χ1) is 32.3. The SMILES string of the molecule is CCc1cccc2cc(O)cc(-c3ncc4c(N5CC6CCC(C5)N6)nc(OCCN5CCC(F)(CN6CCN(c7cc(C(C(=O)N8CCCC8C)C(C)C)on7)C[C@H]6C)CC5)nc4c3F)c12. The summed E-state index contributed by atoms with van der Waals surface area (Å²) in [5.74, 6) is 1.23. The van der Waals surface area contributed by atoms with Gasteiger partial charge in [0.05, 0.1) is 5.39 Å². The fraction of sp³-hybridized carbons (Fsp3) is 0.588. The van der Waals surface area contributed by atoms with Crippen molar-refractivity contribution in [1.29, 1.82) is 0 Å². The summed E-state index contributed by atoms with van der Waals surface area (Å²) in [6, 6.07) is 12.2. The number of likely N-dealkylation sites (tertiary alicyclic amines) is 2. The zero-order valence-corrected chi connectivity index (χ0v) is 39.7. The number of rotatable bonds is 13. The Bertz CT molecular complexity index is 2590. The van der Waals surface area contributed by atoms with E-state index >= 15 is 8.78 Å². The summed E-state index contributed by atoms with van der Waals surface area (Å²) in [6.45, 7) is 17.2. The quantitative estimate of drug-likeness (QED) is 0.122. The van der Waals surface area contributed by atoms with E-state index < -0.39 is 11.5 Å². The summed E-state index contributed by atoms with van der Waals surface area (Å²) in [6.07, 6.45) is 7.44. The van der Waals surface area contributed by atoms with Crippen molar-refractivity contribution in [2.45, 2.75) is 115 Å². The van der Waals surface area contributed by atoms with Gasteiger partial charge in [-0.2, -0.15) is 9.97 Å². The number of fused-ring (bicyclic) bond motifs is 4. The molecule has 1 amide bonds. The third-order valence-electron chi connectivity index (χ3n) is 15.4. The maximum Gasteiger partial charge on any atom is 0.319 e. The molecule has 2 bridgehead atoms. The van der Waals surface area contributed by atoms with Crippen LogP contribution in [0.25, 0.3) is 32.9 Å². The number of anilines is 2. The number of amides is 1. The number of piperidine rings is 1. The smallest absolute Gasteiger partial charge is 0.319 e. The number of pyridine rings is 1.